The first-order valence-electron chi connectivity index (χ1n) is 7.44. The van der Waals surface area contributed by atoms with Crippen LogP contribution in [0.25, 0.3) is 0 Å². The molecule has 7 heteroatoms. The largest absolute Gasteiger partial charge is 0.339 e. The number of carbonyl (C=O) groups excluding carboxylic acids is 1. The van der Waals surface area contributed by atoms with Gasteiger partial charge in [0.15, 0.2) is 0 Å². The summed E-state index contributed by atoms with van der Waals surface area (Å²) in [5.41, 5.74) is -0.178. The first-order valence-corrected chi connectivity index (χ1v) is 7.44. The third-order valence-electron chi connectivity index (χ3n) is 3.53. The zero-order valence-electron chi connectivity index (χ0n) is 13.9. The van der Waals surface area contributed by atoms with Gasteiger partial charge in [0.05, 0.1) is 5.54 Å². The number of aryl methyl sites for hydroxylation is 2. The fourth-order valence-electron chi connectivity index (χ4n) is 2.07. The molecule has 0 aromatic carbocycles. The average Bonchev–Trinajstić information content (AvgIpc) is 3.07. The van der Waals surface area contributed by atoms with Crippen LogP contribution in [0.3, 0.4) is 0 Å². The minimum Gasteiger partial charge on any atom is -0.339 e. The van der Waals surface area contributed by atoms with E-state index in [1.165, 1.54) is 0 Å². The van der Waals surface area contributed by atoms with Gasteiger partial charge in [-0.15, -0.1) is 5.10 Å². The van der Waals surface area contributed by atoms with Gasteiger partial charge in [-0.1, -0.05) is 0 Å². The molecule has 2 rings (SSSR count). The molecule has 0 radical (unpaired) electrons. The predicted molar refractivity (Wildman–Crippen MR) is 83.6 cm³/mol. The first-order chi connectivity index (χ1) is 10.3. The molecule has 0 saturated heterocycles. The van der Waals surface area contributed by atoms with Crippen molar-refractivity contribution in [2.45, 2.75) is 46.2 Å². The molecular weight excluding hydrogens is 280 g/mol. The van der Waals surface area contributed by atoms with E-state index in [9.17, 15) is 4.79 Å². The van der Waals surface area contributed by atoms with E-state index in [4.69, 9.17) is 0 Å². The Kier molecular flexibility index (Phi) is 4.63. The number of rotatable bonds is 5. The predicted octanol–water partition coefficient (Wildman–Crippen LogP) is 1.70. The number of nitrogens with zero attached hydrogens (tertiary/aromatic N) is 6. The maximum absolute atomic E-state index is 12.3. The van der Waals surface area contributed by atoms with Crippen molar-refractivity contribution < 1.29 is 4.79 Å². The van der Waals surface area contributed by atoms with Crippen LogP contribution in [-0.4, -0.2) is 48.7 Å². The van der Waals surface area contributed by atoms with Crippen LogP contribution in [0.2, 0.25) is 0 Å². The summed E-state index contributed by atoms with van der Waals surface area (Å²) in [5.74, 6) is 1.08. The van der Waals surface area contributed by atoms with E-state index in [0.717, 1.165) is 18.8 Å². The van der Waals surface area contributed by atoms with Gasteiger partial charge in [-0.25, -0.2) is 14.6 Å². The van der Waals surface area contributed by atoms with Gasteiger partial charge < -0.3 is 9.47 Å². The molecule has 0 bridgehead atoms. The summed E-state index contributed by atoms with van der Waals surface area (Å²) < 4.78 is 3.79. The second-order valence-corrected chi connectivity index (χ2v) is 6.43. The van der Waals surface area contributed by atoms with Gasteiger partial charge in [0.25, 0.3) is 5.91 Å². The molecule has 0 N–H and O–H groups in total. The van der Waals surface area contributed by atoms with Crippen LogP contribution >= 0.6 is 0 Å². The van der Waals surface area contributed by atoms with E-state index in [2.05, 4.69) is 19.6 Å². The Morgan fingerprint density at radius 1 is 1.32 bits per heavy atom. The van der Waals surface area contributed by atoms with E-state index in [0.29, 0.717) is 6.54 Å². The molecule has 2 heterocycles. The SMILES string of the molecule is Cc1nccn1CCCN(C)C(=O)c1ncn(C(C)(C)C)n1. The minimum absolute atomic E-state index is 0.148. The molecule has 0 aliphatic heterocycles. The lowest BCUT2D eigenvalue weighted by atomic mass is 10.1. The zero-order chi connectivity index (χ0) is 16.3. The fourth-order valence-corrected chi connectivity index (χ4v) is 2.07. The number of amides is 1. The van der Waals surface area contributed by atoms with Crippen molar-refractivity contribution in [3.63, 3.8) is 0 Å². The third-order valence-corrected chi connectivity index (χ3v) is 3.53. The Labute approximate surface area is 131 Å². The Hall–Kier alpha value is -2.18. The maximum atomic E-state index is 12.3. The van der Waals surface area contributed by atoms with Crippen LogP contribution in [-0.2, 0) is 12.1 Å². The van der Waals surface area contributed by atoms with Crippen LogP contribution in [0.1, 0.15) is 43.6 Å². The topological polar surface area (TPSA) is 68.8 Å². The molecule has 120 valence electrons. The maximum Gasteiger partial charge on any atom is 0.293 e. The highest BCUT2D eigenvalue weighted by atomic mass is 16.2. The van der Waals surface area contributed by atoms with Gasteiger partial charge in [0.1, 0.15) is 12.2 Å². The van der Waals surface area contributed by atoms with Gasteiger partial charge in [-0.3, -0.25) is 4.79 Å². The first kappa shape index (κ1) is 16.2. The molecule has 0 unspecified atom stereocenters. The van der Waals surface area contributed by atoms with Crippen molar-refractivity contribution >= 4 is 5.91 Å². The monoisotopic (exact) mass is 304 g/mol. The van der Waals surface area contributed by atoms with Crippen molar-refractivity contribution in [3.05, 3.63) is 30.4 Å². The van der Waals surface area contributed by atoms with E-state index < -0.39 is 0 Å². The lowest BCUT2D eigenvalue weighted by molar-refractivity contribution is 0.0779. The molecule has 1 amide bonds. The summed E-state index contributed by atoms with van der Waals surface area (Å²) in [5, 5.41) is 4.27. The van der Waals surface area contributed by atoms with Gasteiger partial charge in [-0.2, -0.15) is 0 Å². The lowest BCUT2D eigenvalue weighted by Crippen LogP contribution is -2.30. The molecule has 0 atom stereocenters. The molecule has 2 aromatic rings. The Bertz CT molecular complexity index is 636. The number of aromatic nitrogens is 5. The quantitative estimate of drug-likeness (QED) is 0.843. The van der Waals surface area contributed by atoms with Crippen LogP contribution in [0, 0.1) is 6.92 Å². The molecule has 0 aliphatic carbocycles. The highest BCUT2D eigenvalue weighted by Crippen LogP contribution is 2.11. The highest BCUT2D eigenvalue weighted by Gasteiger charge is 2.20. The van der Waals surface area contributed by atoms with Gasteiger partial charge in [0, 0.05) is 32.5 Å². The number of imidazole rings is 1. The summed E-state index contributed by atoms with van der Waals surface area (Å²) in [6.45, 7) is 9.53. The van der Waals surface area contributed by atoms with Crippen LogP contribution in [0.4, 0.5) is 0 Å². The lowest BCUT2D eigenvalue weighted by Gasteiger charge is -2.18. The van der Waals surface area contributed by atoms with E-state index in [1.807, 2.05) is 33.9 Å². The third kappa shape index (κ3) is 3.72. The molecular formula is C15H24N6O. The summed E-state index contributed by atoms with van der Waals surface area (Å²) in [6, 6.07) is 0. The Morgan fingerprint density at radius 3 is 2.59 bits per heavy atom. The van der Waals surface area contributed by atoms with Crippen molar-refractivity contribution in [3.8, 4) is 0 Å². The molecule has 0 spiro atoms. The Morgan fingerprint density at radius 2 is 2.05 bits per heavy atom. The molecule has 0 aliphatic rings. The second kappa shape index (κ2) is 6.29. The molecule has 7 nitrogen and oxygen atoms in total. The van der Waals surface area contributed by atoms with Gasteiger partial charge >= 0.3 is 0 Å². The van der Waals surface area contributed by atoms with E-state index in [-0.39, 0.29) is 17.3 Å². The summed E-state index contributed by atoms with van der Waals surface area (Å²) in [7, 11) is 1.78. The highest BCUT2D eigenvalue weighted by molar-refractivity contribution is 5.90. The minimum atomic E-state index is -0.178. The van der Waals surface area contributed by atoms with E-state index >= 15 is 0 Å². The number of carbonyl (C=O) groups is 1. The van der Waals surface area contributed by atoms with Crippen molar-refractivity contribution in [2.75, 3.05) is 13.6 Å². The van der Waals surface area contributed by atoms with Gasteiger partial charge in [0.2, 0.25) is 5.82 Å². The van der Waals surface area contributed by atoms with Crippen LogP contribution in [0.5, 0.6) is 0 Å². The van der Waals surface area contributed by atoms with Crippen LogP contribution < -0.4 is 0 Å². The normalized spacial score (nSPS) is 11.7. The molecule has 0 fully saturated rings. The van der Waals surface area contributed by atoms with Crippen molar-refractivity contribution in [2.24, 2.45) is 0 Å². The van der Waals surface area contributed by atoms with E-state index in [1.54, 1.807) is 29.2 Å². The summed E-state index contributed by atoms with van der Waals surface area (Å²) in [6.07, 6.45) is 6.20. The van der Waals surface area contributed by atoms with Crippen LogP contribution in [0.15, 0.2) is 18.7 Å². The number of hydrogen-bond acceptors (Lipinski definition) is 4. The summed E-state index contributed by atoms with van der Waals surface area (Å²) >= 11 is 0. The summed E-state index contributed by atoms with van der Waals surface area (Å²) in [4.78, 5) is 22.3. The van der Waals surface area contributed by atoms with Crippen molar-refractivity contribution in [1.82, 2.24) is 29.2 Å². The molecule has 22 heavy (non-hydrogen) atoms. The number of hydrogen-bond donors (Lipinski definition) is 0. The second-order valence-electron chi connectivity index (χ2n) is 6.43. The van der Waals surface area contributed by atoms with Gasteiger partial charge in [-0.05, 0) is 34.1 Å². The average molecular weight is 304 g/mol. The molecule has 0 saturated carbocycles. The Balaban J connectivity index is 1.89. The molecule has 2 aromatic heterocycles. The van der Waals surface area contributed by atoms with Crippen molar-refractivity contribution in [1.29, 1.82) is 0 Å². The fraction of sp³-hybridized carbons (Fsp3) is 0.600. The smallest absolute Gasteiger partial charge is 0.293 e. The standard InChI is InChI=1S/C15H24N6O/c1-12-16-7-10-20(12)9-6-8-19(5)14(22)13-17-11-21(18-13)15(2,3)4/h7,10-11H,6,8-9H2,1-5H3. The zero-order valence-corrected chi connectivity index (χ0v) is 13.9.